The first-order valence-corrected chi connectivity index (χ1v) is 9.27. The van der Waals surface area contributed by atoms with Gasteiger partial charge in [-0.3, -0.25) is 0 Å². The van der Waals surface area contributed by atoms with Gasteiger partial charge in [0.1, 0.15) is 10.7 Å². The Labute approximate surface area is 136 Å². The topological polar surface area (TPSA) is 60.4 Å². The van der Waals surface area contributed by atoms with Crippen LogP contribution in [-0.2, 0) is 13.8 Å². The van der Waals surface area contributed by atoms with Gasteiger partial charge >= 0.3 is 5.97 Å². The van der Waals surface area contributed by atoms with E-state index in [1.54, 1.807) is 6.92 Å². The zero-order valence-electron chi connectivity index (χ0n) is 11.7. The van der Waals surface area contributed by atoms with E-state index in [1.165, 1.54) is 0 Å². The van der Waals surface area contributed by atoms with Crippen molar-refractivity contribution in [3.63, 3.8) is 0 Å². The molecule has 1 atom stereocenters. The van der Waals surface area contributed by atoms with Gasteiger partial charge in [-0.15, -0.1) is 0 Å². The highest BCUT2D eigenvalue weighted by Gasteiger charge is 2.24. The molecule has 0 saturated carbocycles. The molecule has 0 radical (unpaired) electrons. The molecule has 8 heteroatoms. The second-order valence-electron chi connectivity index (χ2n) is 5.05. The van der Waals surface area contributed by atoms with Crippen molar-refractivity contribution < 1.29 is 22.3 Å². The molecule has 0 aromatic heterocycles. The second kappa shape index (κ2) is 7.07. The van der Waals surface area contributed by atoms with Crippen LogP contribution >= 0.6 is 26.6 Å². The van der Waals surface area contributed by atoms with E-state index in [1.807, 2.05) is 13.8 Å². The molecular weight excluding hydrogens is 387 g/mol. The van der Waals surface area contributed by atoms with Crippen LogP contribution in [0.1, 0.15) is 37.6 Å². The molecule has 0 saturated heterocycles. The number of esters is 1. The third-order valence-corrected chi connectivity index (χ3v) is 5.06. The molecule has 1 unspecified atom stereocenters. The zero-order valence-corrected chi connectivity index (χ0v) is 14.9. The van der Waals surface area contributed by atoms with Crippen LogP contribution in [0.3, 0.4) is 0 Å². The maximum Gasteiger partial charge on any atom is 0.339 e. The molecule has 1 aromatic rings. The predicted molar refractivity (Wildman–Crippen MR) is 81.5 cm³/mol. The zero-order chi connectivity index (χ0) is 16.4. The number of halogens is 3. The van der Waals surface area contributed by atoms with Gasteiger partial charge in [0.25, 0.3) is 9.05 Å². The third-order valence-electron chi connectivity index (χ3n) is 2.60. The van der Waals surface area contributed by atoms with Gasteiger partial charge < -0.3 is 4.74 Å². The number of hydrogen-bond donors (Lipinski definition) is 0. The second-order valence-corrected chi connectivity index (χ2v) is 8.38. The highest BCUT2D eigenvalue weighted by molar-refractivity contribution is 9.10. The van der Waals surface area contributed by atoms with Crippen LogP contribution in [0, 0.1) is 11.7 Å². The first-order valence-electron chi connectivity index (χ1n) is 6.17. The SMILES string of the molecule is CC(C)CC(C)OC(=O)c1cc(F)cc(S(=O)(=O)Cl)c1Br. The lowest BCUT2D eigenvalue weighted by Gasteiger charge is -2.16. The molecule has 118 valence electrons. The summed E-state index contributed by atoms with van der Waals surface area (Å²) in [5.74, 6) is -1.38. The number of hydrogen-bond acceptors (Lipinski definition) is 4. The van der Waals surface area contributed by atoms with E-state index < -0.39 is 25.7 Å². The molecule has 1 rings (SSSR count). The molecule has 0 amide bonds. The average Bonchev–Trinajstić information content (AvgIpc) is 2.28. The van der Waals surface area contributed by atoms with Crippen LogP contribution in [0.15, 0.2) is 21.5 Å². The Kier molecular flexibility index (Phi) is 6.19. The molecule has 0 spiro atoms. The van der Waals surface area contributed by atoms with Crippen molar-refractivity contribution in [2.24, 2.45) is 5.92 Å². The van der Waals surface area contributed by atoms with Crippen molar-refractivity contribution in [3.05, 3.63) is 28.0 Å². The van der Waals surface area contributed by atoms with Crippen LogP contribution in [0.4, 0.5) is 4.39 Å². The molecule has 0 aliphatic carbocycles. The van der Waals surface area contributed by atoms with Crippen LogP contribution < -0.4 is 0 Å². The van der Waals surface area contributed by atoms with E-state index in [0.29, 0.717) is 12.3 Å². The molecule has 0 bridgehead atoms. The Morgan fingerprint density at radius 2 is 1.95 bits per heavy atom. The van der Waals surface area contributed by atoms with Gasteiger partial charge in [-0.1, -0.05) is 13.8 Å². The van der Waals surface area contributed by atoms with Gasteiger partial charge in [0.2, 0.25) is 0 Å². The van der Waals surface area contributed by atoms with Gasteiger partial charge in [0, 0.05) is 10.7 Å². The van der Waals surface area contributed by atoms with Crippen molar-refractivity contribution in [1.82, 2.24) is 0 Å². The summed E-state index contributed by atoms with van der Waals surface area (Å²) in [6, 6.07) is 1.64. The van der Waals surface area contributed by atoms with E-state index in [-0.39, 0.29) is 16.1 Å². The fraction of sp³-hybridized carbons (Fsp3) is 0.462. The van der Waals surface area contributed by atoms with Crippen LogP contribution in [0.5, 0.6) is 0 Å². The van der Waals surface area contributed by atoms with E-state index in [4.69, 9.17) is 15.4 Å². The minimum Gasteiger partial charge on any atom is -0.459 e. The predicted octanol–water partition coefficient (Wildman–Crippen LogP) is 4.11. The summed E-state index contributed by atoms with van der Waals surface area (Å²) in [6.45, 7) is 5.66. The maximum atomic E-state index is 13.5. The smallest absolute Gasteiger partial charge is 0.339 e. The molecule has 4 nitrogen and oxygen atoms in total. The molecule has 1 aromatic carbocycles. The Balaban J connectivity index is 3.14. The van der Waals surface area contributed by atoms with Crippen molar-refractivity contribution in [2.75, 3.05) is 0 Å². The van der Waals surface area contributed by atoms with Crippen molar-refractivity contribution in [2.45, 2.75) is 38.2 Å². The number of benzene rings is 1. The molecule has 0 heterocycles. The average molecular weight is 402 g/mol. The van der Waals surface area contributed by atoms with Gasteiger partial charge in [-0.2, -0.15) is 0 Å². The summed E-state index contributed by atoms with van der Waals surface area (Å²) in [5.41, 5.74) is -0.218. The highest BCUT2D eigenvalue weighted by Crippen LogP contribution is 2.30. The van der Waals surface area contributed by atoms with E-state index in [0.717, 1.165) is 12.1 Å². The summed E-state index contributed by atoms with van der Waals surface area (Å²) < 4.78 is 41.3. The van der Waals surface area contributed by atoms with Crippen molar-refractivity contribution >= 4 is 41.6 Å². The van der Waals surface area contributed by atoms with E-state index in [9.17, 15) is 17.6 Å². The van der Waals surface area contributed by atoms with E-state index in [2.05, 4.69) is 15.9 Å². The lowest BCUT2D eigenvalue weighted by atomic mass is 10.1. The molecule has 0 aliphatic rings. The largest absolute Gasteiger partial charge is 0.459 e. The summed E-state index contributed by atoms with van der Waals surface area (Å²) in [5, 5.41) is 0. The normalized spacial score (nSPS) is 13.3. The lowest BCUT2D eigenvalue weighted by Crippen LogP contribution is -2.18. The Morgan fingerprint density at radius 1 is 1.38 bits per heavy atom. The number of carbonyl (C=O) groups is 1. The van der Waals surface area contributed by atoms with E-state index >= 15 is 0 Å². The minimum absolute atomic E-state index is 0.111. The van der Waals surface area contributed by atoms with Gasteiger partial charge in [0.15, 0.2) is 0 Å². The first-order chi connectivity index (χ1) is 9.52. The van der Waals surface area contributed by atoms with Gasteiger partial charge in [-0.05, 0) is 47.3 Å². The standard InChI is InChI=1S/C13H15BrClFO4S/c1-7(2)4-8(3)20-13(17)10-5-9(16)6-11(12(10)14)21(15,18)19/h5-8H,4H2,1-3H3. The maximum absolute atomic E-state index is 13.5. The Bertz CT molecular complexity index is 646. The minimum atomic E-state index is -4.18. The van der Waals surface area contributed by atoms with Gasteiger partial charge in [-0.25, -0.2) is 17.6 Å². The quantitative estimate of drug-likeness (QED) is 0.550. The monoisotopic (exact) mass is 400 g/mol. The van der Waals surface area contributed by atoms with Crippen molar-refractivity contribution in [3.8, 4) is 0 Å². The fourth-order valence-electron chi connectivity index (χ4n) is 1.85. The van der Waals surface area contributed by atoms with Crippen molar-refractivity contribution in [1.29, 1.82) is 0 Å². The van der Waals surface area contributed by atoms with Crippen LogP contribution in [0.25, 0.3) is 0 Å². The van der Waals surface area contributed by atoms with Crippen LogP contribution in [0.2, 0.25) is 0 Å². The van der Waals surface area contributed by atoms with Crippen LogP contribution in [-0.4, -0.2) is 20.5 Å². The molecular formula is C13H15BrClFO4S. The first kappa shape index (κ1) is 18.4. The highest BCUT2D eigenvalue weighted by atomic mass is 79.9. The lowest BCUT2D eigenvalue weighted by molar-refractivity contribution is 0.0297. The molecule has 0 N–H and O–H groups in total. The number of rotatable bonds is 5. The summed E-state index contributed by atoms with van der Waals surface area (Å²) in [4.78, 5) is 11.5. The Morgan fingerprint density at radius 3 is 2.43 bits per heavy atom. The molecule has 0 fully saturated rings. The molecule has 0 aliphatic heterocycles. The summed E-state index contributed by atoms with van der Waals surface area (Å²) >= 11 is 2.96. The third kappa shape index (κ3) is 5.23. The fourth-order valence-corrected chi connectivity index (χ4v) is 4.10. The molecule has 21 heavy (non-hydrogen) atoms. The summed E-state index contributed by atoms with van der Waals surface area (Å²) in [7, 11) is 1.03. The number of ether oxygens (including phenoxy) is 1. The summed E-state index contributed by atoms with van der Waals surface area (Å²) in [6.07, 6.45) is 0.267. The van der Waals surface area contributed by atoms with Gasteiger partial charge in [0.05, 0.1) is 16.1 Å². The number of carbonyl (C=O) groups excluding carboxylic acids is 1. The Hall–Kier alpha value is -0.660.